The third-order valence-corrected chi connectivity index (χ3v) is 3.46. The maximum absolute atomic E-state index is 12.0. The highest BCUT2D eigenvalue weighted by atomic mass is 16.1. The summed E-state index contributed by atoms with van der Waals surface area (Å²) in [6.07, 6.45) is 1.91. The summed E-state index contributed by atoms with van der Waals surface area (Å²) < 4.78 is 0. The van der Waals surface area contributed by atoms with Crippen molar-refractivity contribution in [3.05, 3.63) is 42.1 Å². The van der Waals surface area contributed by atoms with Crippen LogP contribution in [0.15, 0.2) is 36.4 Å². The van der Waals surface area contributed by atoms with E-state index in [0.29, 0.717) is 25.3 Å². The van der Waals surface area contributed by atoms with Crippen LogP contribution in [0, 0.1) is 5.92 Å². The number of hydrogen-bond donors (Lipinski definition) is 1. The second-order valence-electron chi connectivity index (χ2n) is 4.92. The van der Waals surface area contributed by atoms with E-state index in [2.05, 4.69) is 11.9 Å². The maximum Gasteiger partial charge on any atom is 0.139 e. The lowest BCUT2D eigenvalue weighted by molar-refractivity contribution is -0.119. The minimum absolute atomic E-state index is 0.222. The fourth-order valence-corrected chi connectivity index (χ4v) is 2.20. The molecule has 1 aromatic heterocycles. The topological polar surface area (TPSA) is 56.0 Å². The summed E-state index contributed by atoms with van der Waals surface area (Å²) in [7, 11) is 0. The smallest absolute Gasteiger partial charge is 0.139 e. The number of fused-ring (bicyclic) bond motifs is 1. The summed E-state index contributed by atoms with van der Waals surface area (Å²) in [6, 6.07) is 11.9. The summed E-state index contributed by atoms with van der Waals surface area (Å²) in [5, 5.41) is 1.10. The molecular weight excluding hydrogens is 236 g/mol. The number of nitrogens with zero attached hydrogens (tertiary/aromatic N) is 1. The van der Waals surface area contributed by atoms with E-state index in [1.165, 1.54) is 0 Å². The Balaban J connectivity index is 2.06. The Labute approximate surface area is 113 Å². The van der Waals surface area contributed by atoms with E-state index in [-0.39, 0.29) is 5.78 Å². The fourth-order valence-electron chi connectivity index (χ4n) is 2.20. The van der Waals surface area contributed by atoms with Crippen molar-refractivity contribution in [2.75, 3.05) is 6.54 Å². The van der Waals surface area contributed by atoms with Crippen LogP contribution >= 0.6 is 0 Å². The number of nitrogens with two attached hydrogens (primary N) is 1. The van der Waals surface area contributed by atoms with Crippen molar-refractivity contribution in [3.8, 4) is 0 Å². The van der Waals surface area contributed by atoms with Crippen molar-refractivity contribution in [1.82, 2.24) is 4.98 Å². The van der Waals surface area contributed by atoms with E-state index in [9.17, 15) is 4.79 Å². The molecule has 0 spiro atoms. The molecule has 1 aromatic carbocycles. The third kappa shape index (κ3) is 3.61. The minimum atomic E-state index is 0.222. The molecule has 0 aliphatic rings. The van der Waals surface area contributed by atoms with E-state index in [4.69, 9.17) is 5.73 Å². The summed E-state index contributed by atoms with van der Waals surface area (Å²) in [4.78, 5) is 16.5. The first-order valence-electron chi connectivity index (χ1n) is 6.79. The molecule has 0 aliphatic heterocycles. The molecule has 0 aliphatic carbocycles. The van der Waals surface area contributed by atoms with Gasteiger partial charge in [0.25, 0.3) is 0 Å². The number of benzene rings is 1. The van der Waals surface area contributed by atoms with Crippen molar-refractivity contribution < 1.29 is 4.79 Å². The van der Waals surface area contributed by atoms with Gasteiger partial charge in [-0.25, -0.2) is 0 Å². The molecule has 3 heteroatoms. The van der Waals surface area contributed by atoms with Gasteiger partial charge in [0, 0.05) is 23.9 Å². The lowest BCUT2D eigenvalue weighted by atomic mass is 9.97. The first-order valence-corrected chi connectivity index (χ1v) is 6.79. The number of aromatic nitrogens is 1. The predicted molar refractivity (Wildman–Crippen MR) is 77.9 cm³/mol. The van der Waals surface area contributed by atoms with E-state index >= 15 is 0 Å². The second-order valence-corrected chi connectivity index (χ2v) is 4.92. The Morgan fingerprint density at radius 1 is 1.26 bits per heavy atom. The highest BCUT2D eigenvalue weighted by Gasteiger charge is 2.12. The normalized spacial score (nSPS) is 12.5. The summed E-state index contributed by atoms with van der Waals surface area (Å²) in [5.41, 5.74) is 7.42. The Hall–Kier alpha value is -1.74. The Morgan fingerprint density at radius 2 is 2.05 bits per heavy atom. The van der Waals surface area contributed by atoms with Gasteiger partial charge in [-0.1, -0.05) is 37.6 Å². The standard InChI is InChI=1S/C16H20N2O/c1-2-12(11-17)9-15(19)10-14-8-7-13-5-3-4-6-16(13)18-14/h3-8,12H,2,9-11,17H2,1H3. The van der Waals surface area contributed by atoms with Gasteiger partial charge in [-0.2, -0.15) is 0 Å². The minimum Gasteiger partial charge on any atom is -0.330 e. The number of carbonyl (C=O) groups is 1. The van der Waals surface area contributed by atoms with Gasteiger partial charge in [-0.3, -0.25) is 9.78 Å². The number of hydrogen-bond acceptors (Lipinski definition) is 3. The number of ketones is 1. The van der Waals surface area contributed by atoms with Crippen LogP contribution in [0.1, 0.15) is 25.5 Å². The molecule has 1 atom stereocenters. The molecule has 19 heavy (non-hydrogen) atoms. The van der Waals surface area contributed by atoms with Crippen LogP contribution in [0.4, 0.5) is 0 Å². The summed E-state index contributed by atoms with van der Waals surface area (Å²) in [6.45, 7) is 2.65. The molecule has 100 valence electrons. The van der Waals surface area contributed by atoms with Gasteiger partial charge in [0.05, 0.1) is 5.52 Å². The van der Waals surface area contributed by atoms with Gasteiger partial charge < -0.3 is 5.73 Å². The van der Waals surface area contributed by atoms with Crippen molar-refractivity contribution in [2.45, 2.75) is 26.2 Å². The van der Waals surface area contributed by atoms with Crippen LogP contribution in [0.25, 0.3) is 10.9 Å². The Bertz CT molecular complexity index is 561. The van der Waals surface area contributed by atoms with Crippen molar-refractivity contribution >= 4 is 16.7 Å². The van der Waals surface area contributed by atoms with Crippen LogP contribution in [0.2, 0.25) is 0 Å². The number of para-hydroxylation sites is 1. The molecule has 0 radical (unpaired) electrons. The van der Waals surface area contributed by atoms with E-state index in [1.807, 2.05) is 36.4 Å². The van der Waals surface area contributed by atoms with Crippen LogP contribution in [-0.2, 0) is 11.2 Å². The second kappa shape index (κ2) is 6.43. The number of carbonyl (C=O) groups excluding carboxylic acids is 1. The lowest BCUT2D eigenvalue weighted by Gasteiger charge is -2.10. The number of pyridine rings is 1. The zero-order chi connectivity index (χ0) is 13.7. The molecule has 2 rings (SSSR count). The molecule has 1 unspecified atom stereocenters. The van der Waals surface area contributed by atoms with Crippen LogP contribution in [-0.4, -0.2) is 17.3 Å². The highest BCUT2D eigenvalue weighted by Crippen LogP contribution is 2.14. The highest BCUT2D eigenvalue weighted by molar-refractivity contribution is 5.83. The molecule has 0 fully saturated rings. The predicted octanol–water partition coefficient (Wildman–Crippen LogP) is 2.72. The molecule has 3 nitrogen and oxygen atoms in total. The number of Topliss-reactive ketones (excluding diaryl/α,β-unsaturated/α-hetero) is 1. The average Bonchev–Trinajstić information content (AvgIpc) is 2.44. The van der Waals surface area contributed by atoms with Gasteiger partial charge >= 0.3 is 0 Å². The van der Waals surface area contributed by atoms with Crippen molar-refractivity contribution in [3.63, 3.8) is 0 Å². The molecule has 1 heterocycles. The number of rotatable bonds is 6. The molecule has 0 saturated heterocycles. The molecule has 0 saturated carbocycles. The average molecular weight is 256 g/mol. The van der Waals surface area contributed by atoms with Gasteiger partial charge in [0.15, 0.2) is 0 Å². The van der Waals surface area contributed by atoms with Crippen molar-refractivity contribution in [2.24, 2.45) is 11.7 Å². The molecule has 2 N–H and O–H groups in total. The van der Waals surface area contributed by atoms with Gasteiger partial charge in [0.2, 0.25) is 0 Å². The monoisotopic (exact) mass is 256 g/mol. The van der Waals surface area contributed by atoms with Crippen LogP contribution in [0.3, 0.4) is 0 Å². The van der Waals surface area contributed by atoms with Crippen LogP contribution < -0.4 is 5.73 Å². The largest absolute Gasteiger partial charge is 0.330 e. The first-order chi connectivity index (χ1) is 9.22. The zero-order valence-electron chi connectivity index (χ0n) is 11.3. The fraction of sp³-hybridized carbons (Fsp3) is 0.375. The van der Waals surface area contributed by atoms with Gasteiger partial charge in [0.1, 0.15) is 5.78 Å². The van der Waals surface area contributed by atoms with Crippen molar-refractivity contribution in [1.29, 1.82) is 0 Å². The Morgan fingerprint density at radius 3 is 2.79 bits per heavy atom. The Kier molecular flexibility index (Phi) is 4.63. The maximum atomic E-state index is 12.0. The molecule has 0 amide bonds. The summed E-state index contributed by atoms with van der Waals surface area (Å²) in [5.74, 6) is 0.521. The molecule has 0 bridgehead atoms. The summed E-state index contributed by atoms with van der Waals surface area (Å²) >= 11 is 0. The van der Waals surface area contributed by atoms with E-state index in [1.54, 1.807) is 0 Å². The lowest BCUT2D eigenvalue weighted by Crippen LogP contribution is -2.18. The van der Waals surface area contributed by atoms with E-state index < -0.39 is 0 Å². The SMILES string of the molecule is CCC(CN)CC(=O)Cc1ccc2ccccc2n1. The van der Waals surface area contributed by atoms with Gasteiger partial charge in [-0.05, 0) is 24.6 Å². The molecule has 2 aromatic rings. The third-order valence-electron chi connectivity index (χ3n) is 3.46. The zero-order valence-corrected chi connectivity index (χ0v) is 11.3. The quantitative estimate of drug-likeness (QED) is 0.864. The first kappa shape index (κ1) is 13.7. The van der Waals surface area contributed by atoms with Crippen LogP contribution in [0.5, 0.6) is 0 Å². The molecular formula is C16H20N2O. The van der Waals surface area contributed by atoms with Gasteiger partial charge in [-0.15, -0.1) is 0 Å². The van der Waals surface area contributed by atoms with E-state index in [0.717, 1.165) is 23.0 Å².